The van der Waals surface area contributed by atoms with Gasteiger partial charge in [0.2, 0.25) is 0 Å². The standard InChI is InChI=1S/C4H4N.C4H10N.C2H7Si.CH3.Ti/c1-2-4-5-3-1;1-4(2,3)5;1-3-2;;/h1,3-5H;5H,1-3H3;3H,1-2H3;1H3;/q;-1;;;+1. The van der Waals surface area contributed by atoms with Crippen molar-refractivity contribution in [3.63, 3.8) is 0 Å². The Kier molecular flexibility index (Phi) is 4.04. The number of nitrogens with one attached hydrogen (secondary N) is 2. The zero-order chi connectivity index (χ0) is 11.7. The first-order valence-electron chi connectivity index (χ1n) is 5.68. The zero-order valence-corrected chi connectivity index (χ0v) is 13.5. The molecule has 1 rings (SSSR count). The second-order valence-electron chi connectivity index (χ2n) is 5.83. The maximum atomic E-state index is 3.96. The van der Waals surface area contributed by atoms with Gasteiger partial charge in [0, 0.05) is 0 Å². The zero-order valence-electron chi connectivity index (χ0n) is 10.8. The topological polar surface area (TPSA) is 27.8 Å². The first-order chi connectivity index (χ1) is 6.76. The van der Waals surface area contributed by atoms with Crippen molar-refractivity contribution in [3.05, 3.63) is 18.5 Å². The van der Waals surface area contributed by atoms with Crippen molar-refractivity contribution in [2.75, 3.05) is 0 Å². The van der Waals surface area contributed by atoms with Crippen molar-refractivity contribution in [1.82, 2.24) is 8.78 Å². The van der Waals surface area contributed by atoms with E-state index in [2.05, 4.69) is 66.3 Å². The Morgan fingerprint density at radius 3 is 2.27 bits per heavy atom. The molecule has 1 unspecified atom stereocenters. The Hall–Kier alpha value is 0.171. The molecule has 0 aromatic carbocycles. The van der Waals surface area contributed by atoms with Gasteiger partial charge in [0.05, 0.1) is 0 Å². The molecule has 2 nitrogen and oxygen atoms in total. The third kappa shape index (κ3) is 3.31. The van der Waals surface area contributed by atoms with E-state index in [-0.39, 0.29) is 5.54 Å². The average molecular weight is 260 g/mol. The van der Waals surface area contributed by atoms with Crippen LogP contribution in [0, 0.1) is 0 Å². The molecule has 0 spiro atoms. The van der Waals surface area contributed by atoms with E-state index < -0.39 is 22.8 Å². The van der Waals surface area contributed by atoms with Gasteiger partial charge in [-0.15, -0.1) is 0 Å². The summed E-state index contributed by atoms with van der Waals surface area (Å²) in [6.07, 6.45) is 4.26. The number of aromatic nitrogens is 1. The van der Waals surface area contributed by atoms with Crippen LogP contribution in [0.25, 0.3) is 0 Å². The SMILES string of the molecule is C[SiH](C)[Ti]([CH3])([NH]C(C)(C)C)[c]1cc[nH]c1. The summed E-state index contributed by atoms with van der Waals surface area (Å²) in [6, 6.07) is 2.27. The summed E-state index contributed by atoms with van der Waals surface area (Å²) in [5, 5.41) is 2.52. The first-order valence-corrected chi connectivity index (χ1v) is 14.4. The third-order valence-corrected chi connectivity index (χ3v) is 22.4. The molecule has 0 amide bonds. The Morgan fingerprint density at radius 1 is 1.33 bits per heavy atom. The molecule has 0 aliphatic heterocycles. The molecule has 1 aromatic rings. The van der Waals surface area contributed by atoms with Crippen LogP contribution in [-0.4, -0.2) is 17.2 Å². The van der Waals surface area contributed by atoms with E-state index in [1.807, 2.05) is 0 Å². The van der Waals surface area contributed by atoms with Crippen LogP contribution in [0.3, 0.4) is 0 Å². The van der Waals surface area contributed by atoms with E-state index in [4.69, 9.17) is 0 Å². The summed E-state index contributed by atoms with van der Waals surface area (Å²) in [7, 11) is 0. The average Bonchev–Trinajstić information content (AvgIpc) is 2.51. The normalized spacial score (nSPS) is 16.7. The fraction of sp³-hybridized carbons (Fsp3) is 0.636. The van der Waals surface area contributed by atoms with Crippen molar-refractivity contribution in [2.24, 2.45) is 0 Å². The van der Waals surface area contributed by atoms with Gasteiger partial charge in [-0.1, -0.05) is 0 Å². The molecule has 0 aliphatic carbocycles. The number of H-pyrrole nitrogens is 1. The fourth-order valence-corrected chi connectivity index (χ4v) is 13.9. The molecule has 0 aliphatic rings. The Morgan fingerprint density at radius 2 is 1.93 bits per heavy atom. The van der Waals surface area contributed by atoms with Crippen molar-refractivity contribution < 1.29 is 16.1 Å². The van der Waals surface area contributed by atoms with Crippen LogP contribution >= 0.6 is 0 Å². The van der Waals surface area contributed by atoms with Gasteiger partial charge >= 0.3 is 98.5 Å². The summed E-state index contributed by atoms with van der Waals surface area (Å²) in [5.74, 6) is 0. The van der Waals surface area contributed by atoms with Crippen LogP contribution < -0.4 is 7.67 Å². The number of aromatic amines is 1. The van der Waals surface area contributed by atoms with Crippen molar-refractivity contribution in [3.8, 4) is 0 Å². The third-order valence-electron chi connectivity index (χ3n) is 2.99. The van der Waals surface area contributed by atoms with E-state index in [1.165, 1.54) is 0 Å². The molecule has 86 valence electrons. The van der Waals surface area contributed by atoms with E-state index in [0.29, 0.717) is 0 Å². The maximum absolute atomic E-state index is 3.96. The summed E-state index contributed by atoms with van der Waals surface area (Å²) in [4.78, 5) is 3.21. The van der Waals surface area contributed by atoms with Gasteiger partial charge in [0.1, 0.15) is 0 Å². The molecule has 1 atom stereocenters. The Bertz CT molecular complexity index is 303. The molecular weight excluding hydrogens is 236 g/mol. The predicted molar refractivity (Wildman–Crippen MR) is 68.1 cm³/mol. The monoisotopic (exact) mass is 260 g/mol. The molecule has 0 radical (unpaired) electrons. The molecule has 0 fully saturated rings. The Balaban J connectivity index is 3.00. The molecule has 2 N–H and O–H groups in total. The molecule has 0 saturated heterocycles. The van der Waals surface area contributed by atoms with Gasteiger partial charge in [0.25, 0.3) is 0 Å². The molecule has 4 heteroatoms. The summed E-state index contributed by atoms with van der Waals surface area (Å²) in [6.45, 7) is 11.2. The number of rotatable bonds is 3. The predicted octanol–water partition coefficient (Wildman–Crippen LogP) is 2.13. The van der Waals surface area contributed by atoms with Crippen LogP contribution in [0.15, 0.2) is 18.5 Å². The van der Waals surface area contributed by atoms with Crippen LogP contribution in [-0.2, 0) is 16.1 Å². The van der Waals surface area contributed by atoms with E-state index in [9.17, 15) is 0 Å². The van der Waals surface area contributed by atoms with Crippen LogP contribution in [0.5, 0.6) is 0 Å². The summed E-state index contributed by atoms with van der Waals surface area (Å²) in [5.41, 5.74) is 0.239. The second kappa shape index (κ2) is 4.58. The van der Waals surface area contributed by atoms with Gasteiger partial charge in [-0.2, -0.15) is 0 Å². The Labute approximate surface area is 98.3 Å². The summed E-state index contributed by atoms with van der Waals surface area (Å²) >= 11 is -1.99. The van der Waals surface area contributed by atoms with Crippen LogP contribution in [0.4, 0.5) is 0 Å². The molecule has 0 bridgehead atoms. The van der Waals surface area contributed by atoms with E-state index >= 15 is 0 Å². The minimum absolute atomic E-state index is 0.239. The number of hydrogen-bond donors (Lipinski definition) is 2. The second-order valence-corrected chi connectivity index (χ2v) is 23.4. The van der Waals surface area contributed by atoms with Gasteiger partial charge in [0.15, 0.2) is 0 Å². The van der Waals surface area contributed by atoms with Crippen LogP contribution in [0.2, 0.25) is 18.3 Å². The fourth-order valence-electron chi connectivity index (χ4n) is 1.98. The molecule has 1 heterocycles. The van der Waals surface area contributed by atoms with Gasteiger partial charge in [-0.3, -0.25) is 0 Å². The van der Waals surface area contributed by atoms with Crippen molar-refractivity contribution in [2.45, 2.75) is 44.6 Å². The van der Waals surface area contributed by atoms with Crippen molar-refractivity contribution >= 4 is 10.5 Å². The van der Waals surface area contributed by atoms with Crippen LogP contribution in [0.1, 0.15) is 20.8 Å². The quantitative estimate of drug-likeness (QED) is 0.801. The van der Waals surface area contributed by atoms with Gasteiger partial charge in [-0.25, -0.2) is 0 Å². The van der Waals surface area contributed by atoms with Gasteiger partial charge < -0.3 is 0 Å². The molecule has 1 aromatic heterocycles. The van der Waals surface area contributed by atoms with Gasteiger partial charge in [-0.05, 0) is 0 Å². The van der Waals surface area contributed by atoms with Crippen molar-refractivity contribution in [1.29, 1.82) is 0 Å². The molecular formula is C11H24N2SiTi. The summed E-state index contributed by atoms with van der Waals surface area (Å²) < 4.78 is 5.54. The molecule has 0 saturated carbocycles. The van der Waals surface area contributed by atoms with E-state index in [1.54, 1.807) is 3.87 Å². The first kappa shape index (κ1) is 13.2. The number of hydrogen-bond acceptors (Lipinski definition) is 1. The molecule has 15 heavy (non-hydrogen) atoms. The van der Waals surface area contributed by atoms with E-state index in [0.717, 1.165) is 0 Å². The minimum atomic E-state index is -1.99.